The van der Waals surface area contributed by atoms with Gasteiger partial charge in [0.25, 0.3) is 0 Å². The highest BCUT2D eigenvalue weighted by Gasteiger charge is 2.58. The van der Waals surface area contributed by atoms with E-state index in [2.05, 4.69) is 9.72 Å². The molecule has 11 heteroatoms. The minimum atomic E-state index is -5.72. The van der Waals surface area contributed by atoms with E-state index in [-0.39, 0.29) is 27.8 Å². The quantitative estimate of drug-likeness (QED) is 0.700. The summed E-state index contributed by atoms with van der Waals surface area (Å²) in [4.78, 5) is 3.97. The van der Waals surface area contributed by atoms with Crippen molar-refractivity contribution >= 4 is 9.84 Å². The van der Waals surface area contributed by atoms with Crippen LogP contribution >= 0.6 is 0 Å². The van der Waals surface area contributed by atoms with Gasteiger partial charge in [0.05, 0.1) is 28.2 Å². The molecule has 0 radical (unpaired) electrons. The average molecular weight is 398 g/mol. The van der Waals surface area contributed by atoms with E-state index >= 15 is 0 Å². The lowest BCUT2D eigenvalue weighted by Gasteiger charge is -2.19. The predicted molar refractivity (Wildman–Crippen MR) is 82.9 cm³/mol. The number of halogens is 5. The molecule has 0 saturated heterocycles. The summed E-state index contributed by atoms with van der Waals surface area (Å²) in [6.07, 6.45) is -3.24. The Hall–Kier alpha value is -2.17. The topological polar surface area (TPSA) is 61.2 Å². The van der Waals surface area contributed by atoms with Gasteiger partial charge in [-0.1, -0.05) is 6.92 Å². The molecule has 2 aromatic heterocycles. The van der Waals surface area contributed by atoms with Crippen molar-refractivity contribution in [1.82, 2.24) is 9.55 Å². The molecule has 0 fully saturated rings. The van der Waals surface area contributed by atoms with E-state index < -0.39 is 28.5 Å². The SMILES string of the molecule is CCS(=O)(=O)c1ccn(C)c1-c1ccc(OCC(F)(F)C(F)(F)F)cn1. The summed E-state index contributed by atoms with van der Waals surface area (Å²) in [5.41, 5.74) is 0.485. The first-order valence-corrected chi connectivity index (χ1v) is 8.96. The number of hydrogen-bond donors (Lipinski definition) is 0. The highest BCUT2D eigenvalue weighted by Crippen LogP contribution is 2.36. The molecule has 0 bridgehead atoms. The summed E-state index contributed by atoms with van der Waals surface area (Å²) >= 11 is 0. The molecule has 5 nitrogen and oxygen atoms in total. The van der Waals surface area contributed by atoms with Crippen molar-refractivity contribution in [3.05, 3.63) is 30.6 Å². The Morgan fingerprint density at radius 2 is 1.81 bits per heavy atom. The van der Waals surface area contributed by atoms with Crippen LogP contribution in [0.1, 0.15) is 6.92 Å². The van der Waals surface area contributed by atoms with Crippen LogP contribution in [0.25, 0.3) is 11.4 Å². The summed E-state index contributed by atoms with van der Waals surface area (Å²) < 4.78 is 92.3. The van der Waals surface area contributed by atoms with Crippen molar-refractivity contribution in [2.24, 2.45) is 7.05 Å². The van der Waals surface area contributed by atoms with Crippen LogP contribution in [0.4, 0.5) is 22.0 Å². The maximum Gasteiger partial charge on any atom is 0.456 e. The molecule has 144 valence electrons. The molecule has 2 heterocycles. The lowest BCUT2D eigenvalue weighted by molar-refractivity contribution is -0.290. The smallest absolute Gasteiger partial charge is 0.456 e. The molecular formula is C15H15F5N2O3S. The van der Waals surface area contributed by atoms with Gasteiger partial charge in [0, 0.05) is 13.2 Å². The van der Waals surface area contributed by atoms with Gasteiger partial charge >= 0.3 is 12.1 Å². The molecule has 0 unspecified atom stereocenters. The van der Waals surface area contributed by atoms with E-state index in [1.807, 2.05) is 0 Å². The Kier molecular flexibility index (Phi) is 5.31. The van der Waals surface area contributed by atoms with Crippen LogP contribution in [0.3, 0.4) is 0 Å². The third kappa shape index (κ3) is 3.97. The van der Waals surface area contributed by atoms with Crippen molar-refractivity contribution in [3.63, 3.8) is 0 Å². The molecule has 0 amide bonds. The largest absolute Gasteiger partial charge is 0.485 e. The maximum atomic E-state index is 12.9. The average Bonchev–Trinajstić information content (AvgIpc) is 2.95. The molecular weight excluding hydrogens is 383 g/mol. The van der Waals surface area contributed by atoms with Crippen molar-refractivity contribution in [2.45, 2.75) is 23.9 Å². The fraction of sp³-hybridized carbons (Fsp3) is 0.400. The standard InChI is InChI=1S/C15H15F5N2O3S/c1-3-26(23,24)12-6-7-22(2)13(12)11-5-4-10(8-21-11)25-9-14(16,17)15(18,19)20/h4-8H,3,9H2,1-2H3. The van der Waals surface area contributed by atoms with Crippen molar-refractivity contribution < 1.29 is 35.1 Å². The third-order valence-corrected chi connectivity index (χ3v) is 5.32. The summed E-state index contributed by atoms with van der Waals surface area (Å²) in [7, 11) is -1.93. The van der Waals surface area contributed by atoms with Gasteiger partial charge < -0.3 is 9.30 Å². The number of alkyl halides is 5. The Morgan fingerprint density at radius 1 is 1.15 bits per heavy atom. The van der Waals surface area contributed by atoms with E-state index in [9.17, 15) is 30.4 Å². The minimum absolute atomic E-state index is 0.0484. The number of sulfone groups is 1. The van der Waals surface area contributed by atoms with Gasteiger partial charge in [-0.05, 0) is 18.2 Å². The van der Waals surface area contributed by atoms with Gasteiger partial charge in [-0.25, -0.2) is 8.42 Å². The first-order chi connectivity index (χ1) is 11.9. The predicted octanol–water partition coefficient (Wildman–Crippen LogP) is 3.46. The van der Waals surface area contributed by atoms with Crippen LogP contribution < -0.4 is 4.74 Å². The van der Waals surface area contributed by atoms with Crippen LogP contribution in [-0.2, 0) is 16.9 Å². The van der Waals surface area contributed by atoms with E-state index in [0.29, 0.717) is 0 Å². The van der Waals surface area contributed by atoms with Crippen molar-refractivity contribution in [3.8, 4) is 17.1 Å². The monoisotopic (exact) mass is 398 g/mol. The lowest BCUT2D eigenvalue weighted by atomic mass is 10.2. The highest BCUT2D eigenvalue weighted by molar-refractivity contribution is 7.91. The summed E-state index contributed by atoms with van der Waals surface area (Å²) in [6, 6.07) is 3.83. The highest BCUT2D eigenvalue weighted by atomic mass is 32.2. The normalized spacial score (nSPS) is 13.0. The first-order valence-electron chi connectivity index (χ1n) is 7.31. The number of pyridine rings is 1. The van der Waals surface area contributed by atoms with Crippen molar-refractivity contribution in [1.29, 1.82) is 0 Å². The molecule has 0 spiro atoms. The summed E-state index contributed by atoms with van der Waals surface area (Å²) in [5, 5.41) is 0. The molecule has 0 aliphatic rings. The lowest BCUT2D eigenvalue weighted by Crippen LogP contribution is -2.41. The summed E-state index contributed by atoms with van der Waals surface area (Å²) in [6.45, 7) is -0.394. The van der Waals surface area contributed by atoms with E-state index in [1.54, 1.807) is 7.05 Å². The molecule has 0 aliphatic heterocycles. The molecule has 0 N–H and O–H groups in total. The van der Waals surface area contributed by atoms with E-state index in [4.69, 9.17) is 0 Å². The van der Waals surface area contributed by atoms with E-state index in [0.717, 1.165) is 12.3 Å². The maximum absolute atomic E-state index is 12.9. The number of nitrogens with zero attached hydrogens (tertiary/aromatic N) is 2. The van der Waals surface area contributed by atoms with Crippen LogP contribution in [-0.4, -0.2) is 42.4 Å². The minimum Gasteiger partial charge on any atom is -0.485 e. The van der Waals surface area contributed by atoms with Crippen molar-refractivity contribution in [2.75, 3.05) is 12.4 Å². The van der Waals surface area contributed by atoms with Gasteiger partial charge in [-0.2, -0.15) is 22.0 Å². The Balaban J connectivity index is 2.26. The second-order valence-electron chi connectivity index (χ2n) is 5.41. The molecule has 0 saturated carbocycles. The van der Waals surface area contributed by atoms with Gasteiger partial charge in [0.15, 0.2) is 16.4 Å². The third-order valence-electron chi connectivity index (χ3n) is 3.56. The Labute approximate surface area is 146 Å². The zero-order chi connectivity index (χ0) is 19.8. The number of rotatable bonds is 6. The van der Waals surface area contributed by atoms with Gasteiger partial charge in [0.1, 0.15) is 5.75 Å². The second kappa shape index (κ2) is 6.86. The fourth-order valence-corrected chi connectivity index (χ4v) is 3.20. The number of hydrogen-bond acceptors (Lipinski definition) is 4. The Morgan fingerprint density at radius 3 is 2.31 bits per heavy atom. The number of aryl methyl sites for hydroxylation is 1. The molecule has 26 heavy (non-hydrogen) atoms. The zero-order valence-corrected chi connectivity index (χ0v) is 14.5. The molecule has 0 atom stereocenters. The molecule has 2 aromatic rings. The first kappa shape index (κ1) is 20.1. The van der Waals surface area contributed by atoms with Crippen LogP contribution in [0, 0.1) is 0 Å². The number of ether oxygens (including phenoxy) is 1. The zero-order valence-electron chi connectivity index (χ0n) is 13.7. The summed E-state index contributed by atoms with van der Waals surface area (Å²) in [5.74, 6) is -5.42. The molecule has 2 rings (SSSR count). The molecule has 0 aromatic carbocycles. The van der Waals surface area contributed by atoms with Gasteiger partial charge in [-0.15, -0.1) is 0 Å². The molecule has 0 aliphatic carbocycles. The number of aromatic nitrogens is 2. The fourth-order valence-electron chi connectivity index (χ4n) is 2.08. The van der Waals surface area contributed by atoms with Crippen LogP contribution in [0.5, 0.6) is 5.75 Å². The van der Waals surface area contributed by atoms with E-state index in [1.165, 1.54) is 29.8 Å². The van der Waals surface area contributed by atoms with Crippen LogP contribution in [0.2, 0.25) is 0 Å². The van der Waals surface area contributed by atoms with Gasteiger partial charge in [0.2, 0.25) is 0 Å². The second-order valence-corrected chi connectivity index (χ2v) is 7.66. The van der Waals surface area contributed by atoms with Crippen LogP contribution in [0.15, 0.2) is 35.5 Å². The Bertz CT molecular complexity index is 874. The van der Waals surface area contributed by atoms with Gasteiger partial charge in [-0.3, -0.25) is 4.98 Å².